The van der Waals surface area contributed by atoms with Gasteiger partial charge in [-0.05, 0) is 47.9 Å². The lowest BCUT2D eigenvalue weighted by atomic mass is 10.0. The molecular weight excluding hydrogens is 551 g/mol. The predicted octanol–water partition coefficient (Wildman–Crippen LogP) is 4.98. The van der Waals surface area contributed by atoms with E-state index in [0.29, 0.717) is 17.4 Å². The second-order valence-corrected chi connectivity index (χ2v) is 8.66. The van der Waals surface area contributed by atoms with Gasteiger partial charge in [0, 0.05) is 41.7 Å². The second kappa shape index (κ2) is 11.0. The summed E-state index contributed by atoms with van der Waals surface area (Å²) in [6, 6.07) is 8.84. The van der Waals surface area contributed by atoms with Crippen LogP contribution in [-0.4, -0.2) is 44.0 Å². The Bertz CT molecular complexity index is 1720. The van der Waals surface area contributed by atoms with Crippen molar-refractivity contribution in [2.75, 3.05) is 5.32 Å². The smallest absolute Gasteiger partial charge is 0.454 e. The minimum Gasteiger partial charge on any atom is -0.454 e. The Balaban J connectivity index is 1.42. The number of carbonyl (C=O) groups excluding carboxylic acids is 2. The molecule has 2 aromatic heterocycles. The van der Waals surface area contributed by atoms with Crippen molar-refractivity contribution in [2.24, 2.45) is 5.10 Å². The average Bonchev–Trinajstić information content (AvgIpc) is 3.58. The maximum atomic E-state index is 13.8. The number of hydrazone groups is 1. The van der Waals surface area contributed by atoms with Gasteiger partial charge in [0.25, 0.3) is 0 Å². The number of rotatable bonds is 4. The van der Waals surface area contributed by atoms with E-state index in [1.807, 2.05) is 0 Å². The van der Waals surface area contributed by atoms with Crippen LogP contribution in [0.2, 0.25) is 0 Å². The van der Waals surface area contributed by atoms with Crippen LogP contribution >= 0.6 is 0 Å². The zero-order valence-electron chi connectivity index (χ0n) is 20.7. The fourth-order valence-corrected chi connectivity index (χ4v) is 4.00. The average molecular weight is 568 g/mol. The van der Waals surface area contributed by atoms with Crippen molar-refractivity contribution in [2.45, 2.75) is 25.2 Å². The Morgan fingerprint density at radius 3 is 2.61 bits per heavy atom. The number of esters is 1. The van der Waals surface area contributed by atoms with Crippen LogP contribution in [-0.2, 0) is 16.1 Å². The molecule has 41 heavy (non-hydrogen) atoms. The van der Waals surface area contributed by atoms with Crippen molar-refractivity contribution in [3.63, 3.8) is 0 Å². The zero-order valence-corrected chi connectivity index (χ0v) is 20.7. The molecule has 14 heteroatoms. The maximum Gasteiger partial charge on any atom is 0.490 e. The maximum absolute atomic E-state index is 13.8. The molecule has 0 fully saturated rings. The first kappa shape index (κ1) is 27.3. The van der Waals surface area contributed by atoms with Gasteiger partial charge in [-0.3, -0.25) is 0 Å². The van der Waals surface area contributed by atoms with Gasteiger partial charge in [-0.1, -0.05) is 12.0 Å². The standard InChI is InChI=1S/C27H17F5N6O3/c28-19-10-18(11-20(29)13-19)23-7-9-35-38(23)26(40)36-21-5-3-17(15-41-25(39)27(30,31)32)16(12-21)4-6-22-14-33-24-2-1-8-34-37(22)24/h1-3,5,8-14,23H,7,15H2,(H,36,40)/t23-/m1/s1. The lowest BCUT2D eigenvalue weighted by molar-refractivity contribution is -0.201. The summed E-state index contributed by atoms with van der Waals surface area (Å²) in [7, 11) is 0. The topological polar surface area (TPSA) is 101 Å². The largest absolute Gasteiger partial charge is 0.490 e. The van der Waals surface area contributed by atoms with Crippen molar-refractivity contribution in [3.05, 3.63) is 94.9 Å². The summed E-state index contributed by atoms with van der Waals surface area (Å²) in [4.78, 5) is 28.5. The molecule has 0 unspecified atom stereocenters. The lowest BCUT2D eigenvalue weighted by Crippen LogP contribution is -2.31. The van der Waals surface area contributed by atoms with Crippen LogP contribution in [0.3, 0.4) is 0 Å². The lowest BCUT2D eigenvalue weighted by Gasteiger charge is -2.23. The van der Waals surface area contributed by atoms with Crippen molar-refractivity contribution in [1.82, 2.24) is 19.6 Å². The Labute approximate surface area is 228 Å². The van der Waals surface area contributed by atoms with Gasteiger partial charge in [-0.2, -0.15) is 23.4 Å². The van der Waals surface area contributed by atoms with Crippen molar-refractivity contribution in [3.8, 4) is 11.8 Å². The highest BCUT2D eigenvalue weighted by Crippen LogP contribution is 2.30. The van der Waals surface area contributed by atoms with Gasteiger partial charge >= 0.3 is 18.2 Å². The molecule has 208 valence electrons. The van der Waals surface area contributed by atoms with Crippen LogP contribution in [0, 0.1) is 23.5 Å². The normalized spacial score (nSPS) is 14.6. The quantitative estimate of drug-likeness (QED) is 0.213. The first-order valence-corrected chi connectivity index (χ1v) is 11.8. The zero-order chi connectivity index (χ0) is 29.1. The van der Waals surface area contributed by atoms with Crippen molar-refractivity contribution in [1.29, 1.82) is 0 Å². The van der Waals surface area contributed by atoms with Crippen molar-refractivity contribution < 1.29 is 36.3 Å². The number of anilines is 1. The number of nitrogens with one attached hydrogen (secondary N) is 1. The third-order valence-corrected chi connectivity index (χ3v) is 5.86. The molecule has 0 bridgehead atoms. The molecule has 5 rings (SSSR count). The fraction of sp³-hybridized carbons (Fsp3) is 0.148. The number of halogens is 5. The number of urea groups is 1. The van der Waals surface area contributed by atoms with Crippen LogP contribution in [0.15, 0.2) is 66.0 Å². The number of benzene rings is 2. The summed E-state index contributed by atoms with van der Waals surface area (Å²) in [5.41, 5.74) is 1.51. The molecule has 0 aliphatic carbocycles. The number of aromatic nitrogens is 3. The van der Waals surface area contributed by atoms with Gasteiger partial charge in [0.15, 0.2) is 5.65 Å². The highest BCUT2D eigenvalue weighted by Gasteiger charge is 2.41. The van der Waals surface area contributed by atoms with Gasteiger partial charge < -0.3 is 10.1 Å². The van der Waals surface area contributed by atoms with Gasteiger partial charge in [0.05, 0.1) is 12.2 Å². The molecule has 9 nitrogen and oxygen atoms in total. The molecule has 0 saturated heterocycles. The molecule has 3 heterocycles. The molecule has 1 atom stereocenters. The molecule has 1 aliphatic heterocycles. The highest BCUT2D eigenvalue weighted by atomic mass is 19.4. The van der Waals surface area contributed by atoms with Crippen LogP contribution in [0.5, 0.6) is 0 Å². The summed E-state index contributed by atoms with van der Waals surface area (Å²) >= 11 is 0. The molecule has 0 radical (unpaired) electrons. The van der Waals surface area contributed by atoms with E-state index in [9.17, 15) is 31.5 Å². The fourth-order valence-electron chi connectivity index (χ4n) is 4.00. The van der Waals surface area contributed by atoms with E-state index < -0.39 is 42.5 Å². The predicted molar refractivity (Wildman–Crippen MR) is 134 cm³/mol. The number of ether oxygens (including phenoxy) is 1. The minimum atomic E-state index is -5.18. The Kier molecular flexibility index (Phi) is 7.34. The highest BCUT2D eigenvalue weighted by molar-refractivity contribution is 5.91. The summed E-state index contributed by atoms with van der Waals surface area (Å²) in [5, 5.41) is 11.8. The second-order valence-electron chi connectivity index (χ2n) is 8.66. The molecule has 0 spiro atoms. The van der Waals surface area contributed by atoms with Gasteiger partial charge in [-0.25, -0.2) is 32.9 Å². The van der Waals surface area contributed by atoms with E-state index in [4.69, 9.17) is 0 Å². The first-order chi connectivity index (χ1) is 19.6. The van der Waals surface area contributed by atoms with Crippen molar-refractivity contribution >= 4 is 29.5 Å². The number of alkyl halides is 3. The van der Waals surface area contributed by atoms with Gasteiger partial charge in [0.1, 0.15) is 23.9 Å². The summed E-state index contributed by atoms with van der Waals surface area (Å²) in [6.07, 6.45) is -0.579. The molecule has 4 aromatic rings. The number of hydrogen-bond donors (Lipinski definition) is 1. The molecule has 2 aromatic carbocycles. The number of carbonyl (C=O) groups is 2. The Hall–Kier alpha value is -5.32. The molecule has 1 aliphatic rings. The molecule has 0 saturated carbocycles. The summed E-state index contributed by atoms with van der Waals surface area (Å²) in [5.74, 6) is 1.64. The van der Waals surface area contributed by atoms with E-state index in [1.54, 1.807) is 12.1 Å². The number of imidazole rings is 1. The van der Waals surface area contributed by atoms with E-state index in [-0.39, 0.29) is 28.8 Å². The molecule has 1 N–H and O–H groups in total. The van der Waals surface area contributed by atoms with E-state index in [2.05, 4.69) is 37.1 Å². The Morgan fingerprint density at radius 1 is 1.07 bits per heavy atom. The van der Waals surface area contributed by atoms with E-state index >= 15 is 0 Å². The van der Waals surface area contributed by atoms with Crippen LogP contribution < -0.4 is 5.32 Å². The van der Waals surface area contributed by atoms with Gasteiger partial charge in [-0.15, -0.1) is 0 Å². The third kappa shape index (κ3) is 6.14. The monoisotopic (exact) mass is 568 g/mol. The first-order valence-electron chi connectivity index (χ1n) is 11.8. The SMILES string of the molecule is O=C(Nc1ccc(COC(=O)C(F)(F)F)c(C#Cc2cnc3cccnn23)c1)N1N=CC[C@@H]1c1cc(F)cc(F)c1. The molecule has 2 amide bonds. The third-order valence-electron chi connectivity index (χ3n) is 5.86. The van der Waals surface area contributed by atoms with Crippen LogP contribution in [0.4, 0.5) is 32.4 Å². The van der Waals surface area contributed by atoms with Gasteiger partial charge in [0.2, 0.25) is 0 Å². The summed E-state index contributed by atoms with van der Waals surface area (Å²) < 4.78 is 71.4. The minimum absolute atomic E-state index is 0.127. The number of amides is 2. The number of fused-ring (bicyclic) bond motifs is 1. The van der Waals surface area contributed by atoms with E-state index in [0.717, 1.165) is 17.1 Å². The van der Waals surface area contributed by atoms with Crippen LogP contribution in [0.1, 0.15) is 34.8 Å². The van der Waals surface area contributed by atoms with Crippen LogP contribution in [0.25, 0.3) is 5.65 Å². The molecular formula is C27H17F5N6O3. The Morgan fingerprint density at radius 2 is 1.85 bits per heavy atom. The van der Waals surface area contributed by atoms with E-state index in [1.165, 1.54) is 41.3 Å². The summed E-state index contributed by atoms with van der Waals surface area (Å²) in [6.45, 7) is -0.744. The number of hydrogen-bond acceptors (Lipinski definition) is 6. The number of nitrogens with zero attached hydrogens (tertiary/aromatic N) is 5.